The van der Waals surface area contributed by atoms with Crippen molar-refractivity contribution in [2.24, 2.45) is 12.0 Å². The number of aromatic nitrogens is 3. The van der Waals surface area contributed by atoms with Crippen molar-refractivity contribution in [3.05, 3.63) is 34.7 Å². The van der Waals surface area contributed by atoms with E-state index in [1.165, 1.54) is 0 Å². The van der Waals surface area contributed by atoms with Crippen LogP contribution in [0.15, 0.2) is 21.8 Å². The van der Waals surface area contributed by atoms with Crippen LogP contribution in [-0.4, -0.2) is 39.2 Å². The Morgan fingerprint density at radius 3 is 2.86 bits per heavy atom. The van der Waals surface area contributed by atoms with Crippen LogP contribution < -0.4 is 5.32 Å². The highest BCUT2D eigenvalue weighted by Crippen LogP contribution is 2.14. The Kier molecular flexibility index (Phi) is 5.43. The number of aliphatic imine (C=N–C) groups is 1. The third-order valence-electron chi connectivity index (χ3n) is 3.11. The van der Waals surface area contributed by atoms with Gasteiger partial charge in [0, 0.05) is 39.5 Å². The zero-order valence-corrected chi connectivity index (χ0v) is 14.1. The molecular formula is C14H21ClN6O. The van der Waals surface area contributed by atoms with E-state index in [0.29, 0.717) is 24.8 Å². The molecule has 0 saturated heterocycles. The van der Waals surface area contributed by atoms with Gasteiger partial charge in [0.2, 0.25) is 5.89 Å². The fraction of sp³-hybridized carbons (Fsp3) is 0.500. The normalized spacial score (nSPS) is 11.8. The van der Waals surface area contributed by atoms with E-state index in [4.69, 9.17) is 16.1 Å². The lowest BCUT2D eigenvalue weighted by atomic mass is 10.4. The van der Waals surface area contributed by atoms with Crippen molar-refractivity contribution in [3.8, 4) is 0 Å². The van der Waals surface area contributed by atoms with Crippen LogP contribution in [0.3, 0.4) is 0 Å². The molecule has 0 fully saturated rings. The summed E-state index contributed by atoms with van der Waals surface area (Å²) in [4.78, 5) is 10.7. The monoisotopic (exact) mass is 324 g/mol. The first kappa shape index (κ1) is 16.4. The van der Waals surface area contributed by atoms with Crippen LogP contribution in [0.1, 0.15) is 24.3 Å². The summed E-state index contributed by atoms with van der Waals surface area (Å²) in [5.74, 6) is 1.90. The number of nitrogens with one attached hydrogen (secondary N) is 1. The highest BCUT2D eigenvalue weighted by molar-refractivity contribution is 6.30. The van der Waals surface area contributed by atoms with Crippen molar-refractivity contribution >= 4 is 17.6 Å². The average Bonchev–Trinajstić information content (AvgIpc) is 3.00. The van der Waals surface area contributed by atoms with Gasteiger partial charge in [-0.2, -0.15) is 4.98 Å². The number of hydrogen-bond acceptors (Lipinski definition) is 4. The maximum Gasteiger partial charge on any atom is 0.223 e. The van der Waals surface area contributed by atoms with Gasteiger partial charge in [0.1, 0.15) is 6.54 Å². The minimum atomic E-state index is 0.373. The quantitative estimate of drug-likeness (QED) is 0.672. The molecule has 0 aliphatic rings. The molecule has 0 aliphatic heterocycles. The van der Waals surface area contributed by atoms with Gasteiger partial charge in [0.25, 0.3) is 0 Å². The number of rotatable bonds is 5. The SMILES string of the molecule is CCNC(=NCc1noc(C)n1)N(C)Cc1cc(Cl)cn1C. The van der Waals surface area contributed by atoms with Crippen LogP contribution in [0.25, 0.3) is 0 Å². The molecule has 120 valence electrons. The fourth-order valence-electron chi connectivity index (χ4n) is 2.06. The van der Waals surface area contributed by atoms with Crippen LogP contribution in [-0.2, 0) is 20.1 Å². The molecule has 0 saturated carbocycles. The molecule has 2 rings (SSSR count). The molecule has 0 atom stereocenters. The maximum absolute atomic E-state index is 6.02. The number of aryl methyl sites for hydroxylation is 2. The Hall–Kier alpha value is -2.02. The Labute approximate surface area is 135 Å². The summed E-state index contributed by atoms with van der Waals surface area (Å²) in [6.45, 7) is 5.64. The van der Waals surface area contributed by atoms with Crippen molar-refractivity contribution in [2.75, 3.05) is 13.6 Å². The first-order valence-corrected chi connectivity index (χ1v) is 7.46. The van der Waals surface area contributed by atoms with E-state index in [1.54, 1.807) is 6.92 Å². The Morgan fingerprint density at radius 1 is 1.55 bits per heavy atom. The van der Waals surface area contributed by atoms with Crippen molar-refractivity contribution in [1.82, 2.24) is 24.9 Å². The molecule has 0 radical (unpaired) electrons. The smallest absolute Gasteiger partial charge is 0.223 e. The molecular weight excluding hydrogens is 304 g/mol. The van der Waals surface area contributed by atoms with Gasteiger partial charge in [0.05, 0.1) is 11.6 Å². The molecule has 0 spiro atoms. The van der Waals surface area contributed by atoms with Gasteiger partial charge >= 0.3 is 0 Å². The standard InChI is InChI=1S/C14H21ClN6O/c1-5-16-14(17-7-13-18-10(2)22-19-13)21(4)9-12-6-11(15)8-20(12)3/h6,8H,5,7,9H2,1-4H3,(H,16,17). The van der Waals surface area contributed by atoms with Crippen molar-refractivity contribution in [3.63, 3.8) is 0 Å². The summed E-state index contributed by atoms with van der Waals surface area (Å²) < 4.78 is 6.95. The Bertz CT molecular complexity index is 648. The predicted molar refractivity (Wildman–Crippen MR) is 85.7 cm³/mol. The van der Waals surface area contributed by atoms with E-state index in [0.717, 1.165) is 23.2 Å². The number of nitrogens with zero attached hydrogens (tertiary/aromatic N) is 5. The highest BCUT2D eigenvalue weighted by atomic mass is 35.5. The molecule has 0 bridgehead atoms. The number of hydrogen-bond donors (Lipinski definition) is 1. The van der Waals surface area contributed by atoms with Gasteiger partial charge in [0.15, 0.2) is 11.8 Å². The topological polar surface area (TPSA) is 71.5 Å². The third-order valence-corrected chi connectivity index (χ3v) is 3.32. The van der Waals surface area contributed by atoms with Crippen molar-refractivity contribution in [1.29, 1.82) is 0 Å². The van der Waals surface area contributed by atoms with E-state index < -0.39 is 0 Å². The average molecular weight is 325 g/mol. The van der Waals surface area contributed by atoms with E-state index in [9.17, 15) is 0 Å². The van der Waals surface area contributed by atoms with E-state index in [2.05, 4.69) is 20.4 Å². The fourth-order valence-corrected chi connectivity index (χ4v) is 2.33. The van der Waals surface area contributed by atoms with Gasteiger partial charge in [-0.05, 0) is 13.0 Å². The number of halogens is 1. The van der Waals surface area contributed by atoms with Crippen LogP contribution >= 0.6 is 11.6 Å². The lowest BCUT2D eigenvalue weighted by Gasteiger charge is -2.22. The molecule has 8 heteroatoms. The zero-order valence-electron chi connectivity index (χ0n) is 13.3. The molecule has 22 heavy (non-hydrogen) atoms. The molecule has 2 aromatic rings. The zero-order chi connectivity index (χ0) is 16.1. The summed E-state index contributed by atoms with van der Waals surface area (Å²) in [5, 5.41) is 7.83. The van der Waals surface area contributed by atoms with Crippen LogP contribution in [0.2, 0.25) is 5.02 Å². The van der Waals surface area contributed by atoms with Crippen LogP contribution in [0.4, 0.5) is 0 Å². The van der Waals surface area contributed by atoms with Crippen molar-refractivity contribution < 1.29 is 4.52 Å². The second-order valence-corrected chi connectivity index (χ2v) is 5.45. The Balaban J connectivity index is 2.07. The van der Waals surface area contributed by atoms with E-state index in [1.807, 2.05) is 42.7 Å². The molecule has 2 aromatic heterocycles. The summed E-state index contributed by atoms with van der Waals surface area (Å²) >= 11 is 6.02. The van der Waals surface area contributed by atoms with Gasteiger partial charge in [-0.1, -0.05) is 16.8 Å². The van der Waals surface area contributed by atoms with E-state index in [-0.39, 0.29) is 0 Å². The molecule has 0 unspecified atom stereocenters. The van der Waals surface area contributed by atoms with Gasteiger partial charge in [-0.15, -0.1) is 0 Å². The van der Waals surface area contributed by atoms with Crippen LogP contribution in [0.5, 0.6) is 0 Å². The second kappa shape index (κ2) is 7.31. The van der Waals surface area contributed by atoms with Gasteiger partial charge in [-0.25, -0.2) is 4.99 Å². The van der Waals surface area contributed by atoms with Crippen LogP contribution in [0, 0.1) is 6.92 Å². The highest BCUT2D eigenvalue weighted by Gasteiger charge is 2.10. The lowest BCUT2D eigenvalue weighted by molar-refractivity contribution is 0.387. The lowest BCUT2D eigenvalue weighted by Crippen LogP contribution is -2.38. The largest absolute Gasteiger partial charge is 0.357 e. The number of guanidine groups is 1. The molecule has 2 heterocycles. The van der Waals surface area contributed by atoms with E-state index >= 15 is 0 Å². The first-order valence-electron chi connectivity index (χ1n) is 7.09. The summed E-state index contributed by atoms with van der Waals surface area (Å²) in [5.41, 5.74) is 1.11. The summed E-state index contributed by atoms with van der Waals surface area (Å²) in [6.07, 6.45) is 1.89. The third kappa shape index (κ3) is 4.24. The molecule has 0 aromatic carbocycles. The maximum atomic E-state index is 6.02. The second-order valence-electron chi connectivity index (χ2n) is 5.02. The minimum absolute atomic E-state index is 0.373. The first-order chi connectivity index (χ1) is 10.5. The predicted octanol–water partition coefficient (Wildman–Crippen LogP) is 1.97. The Morgan fingerprint density at radius 2 is 2.32 bits per heavy atom. The molecule has 1 N–H and O–H groups in total. The molecule has 0 aliphatic carbocycles. The molecule has 7 nitrogen and oxygen atoms in total. The minimum Gasteiger partial charge on any atom is -0.357 e. The summed E-state index contributed by atoms with van der Waals surface area (Å²) in [6, 6.07) is 1.95. The summed E-state index contributed by atoms with van der Waals surface area (Å²) in [7, 11) is 3.95. The van der Waals surface area contributed by atoms with Crippen molar-refractivity contribution in [2.45, 2.75) is 26.9 Å². The molecule has 0 amide bonds. The van der Waals surface area contributed by atoms with Gasteiger partial charge < -0.3 is 19.3 Å². The van der Waals surface area contributed by atoms with Gasteiger partial charge in [-0.3, -0.25) is 0 Å².